The molecule has 118 valence electrons. The van der Waals surface area contributed by atoms with Gasteiger partial charge < -0.3 is 19.9 Å². The fraction of sp³-hybridized carbons (Fsp3) is 0.385. The molecule has 0 radical (unpaired) electrons. The lowest BCUT2D eigenvalue weighted by atomic mass is 10.4. The second-order valence-corrected chi connectivity index (χ2v) is 4.58. The van der Waals surface area contributed by atoms with Gasteiger partial charge in [-0.3, -0.25) is 0 Å². The smallest absolute Gasteiger partial charge is 0.360 e. The number of rotatable bonds is 6. The number of methoxy groups -OCH3 is 1. The van der Waals surface area contributed by atoms with Crippen LogP contribution in [-0.2, 0) is 24.9 Å². The number of esters is 1. The zero-order valence-corrected chi connectivity index (χ0v) is 12.4. The molecule has 0 saturated carbocycles. The van der Waals surface area contributed by atoms with Crippen LogP contribution in [0.2, 0.25) is 0 Å². The molecule has 2 heterocycles. The molecule has 9 heteroatoms. The van der Waals surface area contributed by atoms with Crippen LogP contribution in [0.3, 0.4) is 0 Å². The van der Waals surface area contributed by atoms with Gasteiger partial charge in [-0.1, -0.05) is 5.21 Å². The third-order valence-corrected chi connectivity index (χ3v) is 3.04. The number of nitrogens with zero attached hydrogens (tertiary/aromatic N) is 4. The van der Waals surface area contributed by atoms with Crippen molar-refractivity contribution in [3.05, 3.63) is 35.9 Å². The van der Waals surface area contributed by atoms with Crippen molar-refractivity contribution in [3.8, 4) is 0 Å². The van der Waals surface area contributed by atoms with Crippen molar-refractivity contribution in [2.24, 2.45) is 7.05 Å². The maximum atomic E-state index is 11.6. The number of aryl methyl sites for hydroxylation is 1. The summed E-state index contributed by atoms with van der Waals surface area (Å²) in [6.07, 6.45) is 3.38. The number of nitrogens with one attached hydrogen (secondary N) is 2. The van der Waals surface area contributed by atoms with Gasteiger partial charge in [0, 0.05) is 25.5 Å². The Hall–Kier alpha value is -2.84. The summed E-state index contributed by atoms with van der Waals surface area (Å²) in [4.78, 5) is 22.9. The highest BCUT2D eigenvalue weighted by Crippen LogP contribution is 1.98. The number of aromatic nitrogens is 4. The topological polar surface area (TPSA) is 103 Å². The summed E-state index contributed by atoms with van der Waals surface area (Å²) in [7, 11) is 3.19. The minimum absolute atomic E-state index is 0.135. The van der Waals surface area contributed by atoms with Gasteiger partial charge in [0.25, 0.3) is 0 Å². The second kappa shape index (κ2) is 7.25. The predicted octanol–water partition coefficient (Wildman–Crippen LogP) is -0.0974. The van der Waals surface area contributed by atoms with Crippen molar-refractivity contribution in [2.45, 2.75) is 13.1 Å². The molecule has 0 bridgehead atoms. The predicted molar refractivity (Wildman–Crippen MR) is 77.0 cm³/mol. The van der Waals surface area contributed by atoms with Crippen molar-refractivity contribution in [1.29, 1.82) is 0 Å². The van der Waals surface area contributed by atoms with Gasteiger partial charge in [-0.2, -0.15) is 0 Å². The Balaban J connectivity index is 1.69. The first-order valence-corrected chi connectivity index (χ1v) is 6.70. The Bertz CT molecular complexity index is 648. The van der Waals surface area contributed by atoms with Gasteiger partial charge in [-0.25, -0.2) is 14.3 Å². The lowest BCUT2D eigenvalue weighted by Crippen LogP contribution is -2.37. The van der Waals surface area contributed by atoms with E-state index in [1.165, 1.54) is 18.0 Å². The summed E-state index contributed by atoms with van der Waals surface area (Å²) >= 11 is 0. The monoisotopic (exact) mass is 306 g/mol. The van der Waals surface area contributed by atoms with Gasteiger partial charge in [0.2, 0.25) is 0 Å². The minimum atomic E-state index is -0.542. The van der Waals surface area contributed by atoms with Crippen molar-refractivity contribution in [3.63, 3.8) is 0 Å². The van der Waals surface area contributed by atoms with E-state index in [4.69, 9.17) is 0 Å². The average molecular weight is 306 g/mol. The van der Waals surface area contributed by atoms with E-state index in [0.29, 0.717) is 19.6 Å². The highest BCUT2D eigenvalue weighted by Gasteiger charge is 2.10. The fourth-order valence-electron chi connectivity index (χ4n) is 1.80. The Morgan fingerprint density at radius 2 is 2.18 bits per heavy atom. The summed E-state index contributed by atoms with van der Waals surface area (Å²) in [6, 6.07) is 3.58. The van der Waals surface area contributed by atoms with Crippen LogP contribution >= 0.6 is 0 Å². The molecule has 2 rings (SSSR count). The molecule has 2 amide bonds. The maximum absolute atomic E-state index is 11.6. The van der Waals surface area contributed by atoms with Crippen molar-refractivity contribution >= 4 is 12.0 Å². The van der Waals surface area contributed by atoms with Crippen LogP contribution in [0.5, 0.6) is 0 Å². The van der Waals surface area contributed by atoms with E-state index in [1.54, 1.807) is 0 Å². The minimum Gasteiger partial charge on any atom is -0.464 e. The van der Waals surface area contributed by atoms with Gasteiger partial charge in [0.15, 0.2) is 5.69 Å². The van der Waals surface area contributed by atoms with Gasteiger partial charge in [-0.15, -0.1) is 5.10 Å². The third-order valence-electron chi connectivity index (χ3n) is 3.04. The van der Waals surface area contributed by atoms with Crippen LogP contribution in [0.25, 0.3) is 0 Å². The molecule has 0 aliphatic heterocycles. The second-order valence-electron chi connectivity index (χ2n) is 4.58. The largest absolute Gasteiger partial charge is 0.464 e. The summed E-state index contributed by atoms with van der Waals surface area (Å²) in [5.74, 6) is -0.542. The molecule has 22 heavy (non-hydrogen) atoms. The van der Waals surface area contributed by atoms with Gasteiger partial charge >= 0.3 is 12.0 Å². The molecule has 2 N–H and O–H groups in total. The van der Waals surface area contributed by atoms with E-state index in [9.17, 15) is 9.59 Å². The van der Waals surface area contributed by atoms with Crippen LogP contribution < -0.4 is 10.6 Å². The first kappa shape index (κ1) is 15.5. The Morgan fingerprint density at radius 1 is 1.36 bits per heavy atom. The van der Waals surface area contributed by atoms with Gasteiger partial charge in [0.05, 0.1) is 26.4 Å². The SMILES string of the molecule is COC(=O)c1cn(CCNC(=O)NCc2cccn2C)nn1. The average Bonchev–Trinajstić information content (AvgIpc) is 3.13. The summed E-state index contributed by atoms with van der Waals surface area (Å²) < 4.78 is 7.93. The molecule has 0 saturated heterocycles. The lowest BCUT2D eigenvalue weighted by Gasteiger charge is -2.08. The van der Waals surface area contributed by atoms with Crippen molar-refractivity contribution in [1.82, 2.24) is 30.2 Å². The summed E-state index contributed by atoms with van der Waals surface area (Å²) in [5.41, 5.74) is 1.14. The first-order valence-electron chi connectivity index (χ1n) is 6.70. The molecule has 0 unspecified atom stereocenters. The van der Waals surface area contributed by atoms with Gasteiger partial charge in [0.1, 0.15) is 0 Å². The van der Waals surface area contributed by atoms with Crippen LogP contribution in [-0.4, -0.2) is 45.2 Å². The standard InChI is InChI=1S/C13H18N6O3/c1-18-6-3-4-10(18)8-15-13(21)14-5-7-19-9-11(16-17-19)12(20)22-2/h3-4,6,9H,5,7-8H2,1-2H3,(H2,14,15,21). The summed E-state index contributed by atoms with van der Waals surface area (Å²) in [5, 5.41) is 12.9. The Morgan fingerprint density at radius 3 is 2.86 bits per heavy atom. The van der Waals surface area contributed by atoms with E-state index in [2.05, 4.69) is 25.7 Å². The molecule has 2 aromatic rings. The van der Waals surface area contributed by atoms with E-state index in [1.807, 2.05) is 29.9 Å². The summed E-state index contributed by atoms with van der Waals surface area (Å²) in [6.45, 7) is 1.22. The zero-order valence-electron chi connectivity index (χ0n) is 12.4. The Labute approximate surface area is 127 Å². The highest BCUT2D eigenvalue weighted by molar-refractivity contribution is 5.86. The number of hydrogen-bond donors (Lipinski definition) is 2. The molecule has 0 aromatic carbocycles. The molecule has 0 atom stereocenters. The van der Waals surface area contributed by atoms with Gasteiger partial charge in [-0.05, 0) is 12.1 Å². The molecular formula is C13H18N6O3. The Kier molecular flexibility index (Phi) is 5.12. The number of amides is 2. The quantitative estimate of drug-likeness (QED) is 0.726. The number of ether oxygens (including phenoxy) is 1. The number of carbonyl (C=O) groups excluding carboxylic acids is 2. The number of carbonyl (C=O) groups is 2. The fourth-order valence-corrected chi connectivity index (χ4v) is 1.80. The molecule has 9 nitrogen and oxygen atoms in total. The molecule has 0 fully saturated rings. The first-order chi connectivity index (χ1) is 10.6. The maximum Gasteiger partial charge on any atom is 0.360 e. The lowest BCUT2D eigenvalue weighted by molar-refractivity contribution is 0.0594. The van der Waals surface area contributed by atoms with E-state index in [0.717, 1.165) is 5.69 Å². The molecule has 0 aliphatic rings. The normalized spacial score (nSPS) is 10.3. The van der Waals surface area contributed by atoms with Crippen LogP contribution in [0.4, 0.5) is 4.79 Å². The van der Waals surface area contributed by atoms with E-state index in [-0.39, 0.29) is 11.7 Å². The van der Waals surface area contributed by atoms with Crippen LogP contribution in [0.1, 0.15) is 16.2 Å². The third kappa shape index (κ3) is 4.08. The van der Waals surface area contributed by atoms with Crippen LogP contribution in [0, 0.1) is 0 Å². The zero-order chi connectivity index (χ0) is 15.9. The molecule has 2 aromatic heterocycles. The molecule has 0 aliphatic carbocycles. The van der Waals surface area contributed by atoms with Crippen molar-refractivity contribution < 1.29 is 14.3 Å². The molecular weight excluding hydrogens is 288 g/mol. The van der Waals surface area contributed by atoms with E-state index < -0.39 is 5.97 Å². The van der Waals surface area contributed by atoms with E-state index >= 15 is 0 Å². The van der Waals surface area contributed by atoms with Crippen molar-refractivity contribution in [2.75, 3.05) is 13.7 Å². The number of hydrogen-bond acceptors (Lipinski definition) is 5. The number of urea groups is 1. The highest BCUT2D eigenvalue weighted by atomic mass is 16.5. The van der Waals surface area contributed by atoms with Crippen LogP contribution in [0.15, 0.2) is 24.5 Å². The molecule has 0 spiro atoms.